The van der Waals surface area contributed by atoms with E-state index in [0.29, 0.717) is 10.6 Å². The molecule has 20 heavy (non-hydrogen) atoms. The molecular weight excluding hydrogens is 291 g/mol. The molecule has 0 radical (unpaired) electrons. The molecule has 0 bridgehead atoms. The number of benzene rings is 2. The zero-order valence-electron chi connectivity index (χ0n) is 10.2. The van der Waals surface area contributed by atoms with Crippen LogP contribution in [0.5, 0.6) is 5.75 Å². The zero-order valence-corrected chi connectivity index (χ0v) is 11.0. The molecule has 0 aromatic heterocycles. The minimum Gasteiger partial charge on any atom is -0.434 e. The molecule has 0 aliphatic rings. The third kappa shape index (κ3) is 3.81. The summed E-state index contributed by atoms with van der Waals surface area (Å²) in [6, 6.07) is 10.4. The SMILES string of the molecule is Fc1ccc(Cl)cc1NCc1ccccc1OC(F)F. The van der Waals surface area contributed by atoms with Gasteiger partial charge in [-0.3, -0.25) is 0 Å². The van der Waals surface area contributed by atoms with Crippen LogP contribution in [0, 0.1) is 5.82 Å². The van der Waals surface area contributed by atoms with Crippen molar-refractivity contribution >= 4 is 17.3 Å². The Hall–Kier alpha value is -1.88. The van der Waals surface area contributed by atoms with Crippen molar-refractivity contribution in [3.05, 3.63) is 58.9 Å². The van der Waals surface area contributed by atoms with E-state index in [-0.39, 0.29) is 18.0 Å². The lowest BCUT2D eigenvalue weighted by molar-refractivity contribution is -0.0504. The molecule has 0 fully saturated rings. The predicted octanol–water partition coefficient (Wildman–Crippen LogP) is 4.69. The molecule has 6 heteroatoms. The fourth-order valence-corrected chi connectivity index (χ4v) is 1.86. The Morgan fingerprint density at radius 2 is 1.90 bits per heavy atom. The molecule has 2 aromatic carbocycles. The van der Waals surface area contributed by atoms with Gasteiger partial charge in [0.25, 0.3) is 0 Å². The normalized spacial score (nSPS) is 10.7. The first-order chi connectivity index (χ1) is 9.56. The average molecular weight is 302 g/mol. The molecule has 2 rings (SSSR count). The number of rotatable bonds is 5. The minimum absolute atomic E-state index is 0.0532. The zero-order chi connectivity index (χ0) is 14.5. The Kier molecular flexibility index (Phi) is 4.74. The Morgan fingerprint density at radius 3 is 2.65 bits per heavy atom. The van der Waals surface area contributed by atoms with Crippen molar-refractivity contribution in [1.29, 1.82) is 0 Å². The highest BCUT2D eigenvalue weighted by molar-refractivity contribution is 6.30. The van der Waals surface area contributed by atoms with E-state index in [2.05, 4.69) is 10.1 Å². The number of hydrogen-bond acceptors (Lipinski definition) is 2. The topological polar surface area (TPSA) is 21.3 Å². The van der Waals surface area contributed by atoms with Gasteiger partial charge in [0, 0.05) is 17.1 Å². The molecule has 0 unspecified atom stereocenters. The van der Waals surface area contributed by atoms with E-state index in [1.165, 1.54) is 24.3 Å². The number of hydrogen-bond donors (Lipinski definition) is 1. The third-order valence-corrected chi connectivity index (χ3v) is 2.82. The van der Waals surface area contributed by atoms with E-state index in [9.17, 15) is 13.2 Å². The molecule has 2 nitrogen and oxygen atoms in total. The van der Waals surface area contributed by atoms with E-state index in [0.717, 1.165) is 0 Å². The first-order valence-corrected chi connectivity index (χ1v) is 6.15. The van der Waals surface area contributed by atoms with Gasteiger partial charge in [0.15, 0.2) is 0 Å². The van der Waals surface area contributed by atoms with E-state index in [1.54, 1.807) is 18.2 Å². The first-order valence-electron chi connectivity index (χ1n) is 5.78. The van der Waals surface area contributed by atoms with Gasteiger partial charge < -0.3 is 10.1 Å². The molecule has 1 N–H and O–H groups in total. The molecule has 0 saturated carbocycles. The number of nitrogens with one attached hydrogen (secondary N) is 1. The van der Waals surface area contributed by atoms with Crippen LogP contribution in [-0.2, 0) is 6.54 Å². The predicted molar refractivity (Wildman–Crippen MR) is 71.8 cm³/mol. The highest BCUT2D eigenvalue weighted by Crippen LogP contribution is 2.24. The van der Waals surface area contributed by atoms with Gasteiger partial charge in [-0.05, 0) is 24.3 Å². The van der Waals surface area contributed by atoms with Crippen LogP contribution in [0.3, 0.4) is 0 Å². The number of ether oxygens (including phenoxy) is 1. The second-order valence-corrected chi connectivity index (χ2v) is 4.40. The van der Waals surface area contributed by atoms with Gasteiger partial charge in [-0.2, -0.15) is 8.78 Å². The standard InChI is InChI=1S/C14H11ClF3NO/c15-10-5-6-11(16)12(7-10)19-8-9-3-1-2-4-13(9)20-14(17)18/h1-7,14,19H,8H2. The van der Waals surface area contributed by atoms with Crippen molar-refractivity contribution in [3.63, 3.8) is 0 Å². The van der Waals surface area contributed by atoms with Crippen molar-refractivity contribution in [1.82, 2.24) is 0 Å². The summed E-state index contributed by atoms with van der Waals surface area (Å²) < 4.78 is 42.4. The molecule has 2 aromatic rings. The molecule has 0 heterocycles. The Bertz CT molecular complexity index is 592. The van der Waals surface area contributed by atoms with Crippen molar-refractivity contribution in [2.75, 3.05) is 5.32 Å². The molecule has 0 saturated heterocycles. The van der Waals surface area contributed by atoms with Crippen LogP contribution in [0.15, 0.2) is 42.5 Å². The highest BCUT2D eigenvalue weighted by atomic mass is 35.5. The summed E-state index contributed by atoms with van der Waals surface area (Å²) in [5.74, 6) is -0.418. The van der Waals surface area contributed by atoms with Gasteiger partial charge >= 0.3 is 6.61 Å². The monoisotopic (exact) mass is 301 g/mol. The van der Waals surface area contributed by atoms with E-state index >= 15 is 0 Å². The fraction of sp³-hybridized carbons (Fsp3) is 0.143. The third-order valence-electron chi connectivity index (χ3n) is 2.59. The van der Waals surface area contributed by atoms with Crippen molar-refractivity contribution < 1.29 is 17.9 Å². The largest absolute Gasteiger partial charge is 0.434 e. The molecular formula is C14H11ClF3NO. The van der Waals surface area contributed by atoms with Gasteiger partial charge in [-0.15, -0.1) is 0 Å². The van der Waals surface area contributed by atoms with Crippen molar-refractivity contribution in [2.24, 2.45) is 0 Å². The first kappa shape index (κ1) is 14.5. The van der Waals surface area contributed by atoms with E-state index in [4.69, 9.17) is 11.6 Å². The maximum absolute atomic E-state index is 13.5. The summed E-state index contributed by atoms with van der Waals surface area (Å²) in [6.45, 7) is -2.76. The Labute approximate surface area is 119 Å². The van der Waals surface area contributed by atoms with E-state index < -0.39 is 12.4 Å². The average Bonchev–Trinajstić information content (AvgIpc) is 2.41. The van der Waals surface area contributed by atoms with Crippen LogP contribution in [0.25, 0.3) is 0 Å². The number of para-hydroxylation sites is 1. The molecule has 0 amide bonds. The van der Waals surface area contributed by atoms with Gasteiger partial charge in [0.1, 0.15) is 11.6 Å². The molecule has 0 atom stereocenters. The van der Waals surface area contributed by atoms with E-state index in [1.807, 2.05) is 0 Å². The van der Waals surface area contributed by atoms with Crippen molar-refractivity contribution in [3.8, 4) is 5.75 Å². The van der Waals surface area contributed by atoms with Crippen LogP contribution in [0.4, 0.5) is 18.9 Å². The summed E-state index contributed by atoms with van der Waals surface area (Å²) in [4.78, 5) is 0. The van der Waals surface area contributed by atoms with Crippen LogP contribution in [-0.4, -0.2) is 6.61 Å². The fourth-order valence-electron chi connectivity index (χ4n) is 1.68. The minimum atomic E-state index is -2.90. The second kappa shape index (κ2) is 6.52. The molecule has 106 valence electrons. The smallest absolute Gasteiger partial charge is 0.387 e. The lowest BCUT2D eigenvalue weighted by Crippen LogP contribution is -2.07. The van der Waals surface area contributed by atoms with Crippen LogP contribution in [0.1, 0.15) is 5.56 Å². The van der Waals surface area contributed by atoms with Crippen LogP contribution < -0.4 is 10.1 Å². The molecule has 0 aliphatic carbocycles. The van der Waals surface area contributed by atoms with Gasteiger partial charge in [0.05, 0.1) is 5.69 Å². The molecule has 0 spiro atoms. The Morgan fingerprint density at radius 1 is 1.15 bits per heavy atom. The maximum Gasteiger partial charge on any atom is 0.387 e. The quantitative estimate of drug-likeness (QED) is 0.865. The van der Waals surface area contributed by atoms with Gasteiger partial charge in [-0.25, -0.2) is 4.39 Å². The lowest BCUT2D eigenvalue weighted by Gasteiger charge is -2.12. The van der Waals surface area contributed by atoms with Crippen LogP contribution >= 0.6 is 11.6 Å². The highest BCUT2D eigenvalue weighted by Gasteiger charge is 2.09. The Balaban J connectivity index is 2.12. The summed E-state index contributed by atoms with van der Waals surface area (Å²) in [5, 5.41) is 3.18. The summed E-state index contributed by atoms with van der Waals surface area (Å²) in [7, 11) is 0. The number of halogens is 4. The number of anilines is 1. The summed E-state index contributed by atoms with van der Waals surface area (Å²) in [6.07, 6.45) is 0. The maximum atomic E-state index is 13.5. The summed E-state index contributed by atoms with van der Waals surface area (Å²) in [5.41, 5.74) is 0.691. The molecule has 0 aliphatic heterocycles. The van der Waals surface area contributed by atoms with Crippen molar-refractivity contribution in [2.45, 2.75) is 13.2 Å². The lowest BCUT2D eigenvalue weighted by atomic mass is 10.2. The van der Waals surface area contributed by atoms with Crippen LogP contribution in [0.2, 0.25) is 5.02 Å². The van der Waals surface area contributed by atoms with Gasteiger partial charge in [-0.1, -0.05) is 29.8 Å². The van der Waals surface area contributed by atoms with Gasteiger partial charge in [0.2, 0.25) is 0 Å². The summed E-state index contributed by atoms with van der Waals surface area (Å²) >= 11 is 5.77. The number of alkyl halides is 2. The second-order valence-electron chi connectivity index (χ2n) is 3.96.